The molecule has 1 aromatic carbocycles. The van der Waals surface area contributed by atoms with Gasteiger partial charge in [-0.1, -0.05) is 17.7 Å². The highest BCUT2D eigenvalue weighted by atomic mass is 35.5. The van der Waals surface area contributed by atoms with E-state index in [-0.39, 0.29) is 17.5 Å². The van der Waals surface area contributed by atoms with Gasteiger partial charge in [0.25, 0.3) is 0 Å². The van der Waals surface area contributed by atoms with E-state index < -0.39 is 9.84 Å². The molecule has 1 aliphatic heterocycles. The van der Waals surface area contributed by atoms with E-state index in [1.54, 1.807) is 18.2 Å². The molecule has 1 fully saturated rings. The van der Waals surface area contributed by atoms with Crippen molar-refractivity contribution in [3.8, 4) is 11.4 Å². The predicted molar refractivity (Wildman–Crippen MR) is 75.0 cm³/mol. The van der Waals surface area contributed by atoms with Crippen molar-refractivity contribution in [1.29, 1.82) is 0 Å². The van der Waals surface area contributed by atoms with Gasteiger partial charge in [0, 0.05) is 5.56 Å². The molecule has 0 saturated carbocycles. The summed E-state index contributed by atoms with van der Waals surface area (Å²) in [7, 11) is -3.01. The topological polar surface area (TPSA) is 104 Å². The van der Waals surface area contributed by atoms with Gasteiger partial charge in [0.15, 0.2) is 15.7 Å². The van der Waals surface area contributed by atoms with Crippen molar-refractivity contribution in [1.82, 2.24) is 20.2 Å². The number of hydrogen-bond acceptors (Lipinski definition) is 6. The summed E-state index contributed by atoms with van der Waals surface area (Å²) >= 11 is 6.17. The number of nitrogens with two attached hydrogens (primary N) is 1. The van der Waals surface area contributed by atoms with Crippen LogP contribution in [0.5, 0.6) is 0 Å². The molecule has 2 N–H and O–H groups in total. The first kappa shape index (κ1) is 13.3. The van der Waals surface area contributed by atoms with E-state index in [1.807, 2.05) is 0 Å². The van der Waals surface area contributed by atoms with Crippen molar-refractivity contribution in [2.75, 3.05) is 17.2 Å². The lowest BCUT2D eigenvalue weighted by molar-refractivity contribution is 0.489. The maximum absolute atomic E-state index is 11.6. The van der Waals surface area contributed by atoms with Crippen LogP contribution in [0, 0.1) is 0 Å². The molecule has 1 saturated heterocycles. The Morgan fingerprint density at radius 1 is 1.40 bits per heavy atom. The monoisotopic (exact) mass is 313 g/mol. The molecule has 2 heterocycles. The fourth-order valence-corrected chi connectivity index (χ4v) is 4.21. The fraction of sp³-hybridized carbons (Fsp3) is 0.364. The fourth-order valence-electron chi connectivity index (χ4n) is 2.31. The van der Waals surface area contributed by atoms with Crippen molar-refractivity contribution in [2.24, 2.45) is 0 Å². The smallest absolute Gasteiger partial charge is 0.183 e. The molecule has 7 nitrogen and oxygen atoms in total. The van der Waals surface area contributed by atoms with Gasteiger partial charge in [-0.3, -0.25) is 0 Å². The zero-order chi connectivity index (χ0) is 14.3. The van der Waals surface area contributed by atoms with E-state index in [9.17, 15) is 8.42 Å². The summed E-state index contributed by atoms with van der Waals surface area (Å²) in [6.45, 7) is 0. The normalized spacial score (nSPS) is 21.1. The van der Waals surface area contributed by atoms with E-state index in [0.717, 1.165) is 0 Å². The van der Waals surface area contributed by atoms with Crippen LogP contribution in [-0.2, 0) is 9.84 Å². The van der Waals surface area contributed by atoms with Crippen molar-refractivity contribution < 1.29 is 8.42 Å². The highest BCUT2D eigenvalue weighted by molar-refractivity contribution is 7.91. The van der Waals surface area contributed by atoms with Crippen LogP contribution in [0.4, 0.5) is 5.69 Å². The number of halogens is 1. The largest absolute Gasteiger partial charge is 0.398 e. The number of rotatable bonds is 2. The van der Waals surface area contributed by atoms with Gasteiger partial charge in [-0.15, -0.1) is 5.10 Å². The third-order valence-corrected chi connectivity index (χ3v) is 5.49. The van der Waals surface area contributed by atoms with Gasteiger partial charge < -0.3 is 5.73 Å². The van der Waals surface area contributed by atoms with Gasteiger partial charge in [0.1, 0.15) is 0 Å². The van der Waals surface area contributed by atoms with Crippen LogP contribution in [0.1, 0.15) is 12.5 Å². The highest BCUT2D eigenvalue weighted by Gasteiger charge is 2.32. The number of benzene rings is 1. The zero-order valence-corrected chi connectivity index (χ0v) is 12.0. The molecule has 0 aliphatic carbocycles. The Kier molecular flexibility index (Phi) is 3.14. The Hall–Kier alpha value is -1.67. The Balaban J connectivity index is 2.05. The molecule has 1 atom stereocenters. The van der Waals surface area contributed by atoms with Crippen molar-refractivity contribution in [3.63, 3.8) is 0 Å². The van der Waals surface area contributed by atoms with Crippen molar-refractivity contribution in [2.45, 2.75) is 12.5 Å². The lowest BCUT2D eigenvalue weighted by Gasteiger charge is -2.11. The molecule has 0 spiro atoms. The Morgan fingerprint density at radius 3 is 2.90 bits per heavy atom. The third-order valence-electron chi connectivity index (χ3n) is 3.32. The molecule has 106 valence electrons. The van der Waals surface area contributed by atoms with Crippen LogP contribution < -0.4 is 5.73 Å². The molecular weight excluding hydrogens is 302 g/mol. The first-order valence-corrected chi connectivity index (χ1v) is 8.20. The van der Waals surface area contributed by atoms with Crippen molar-refractivity contribution in [3.05, 3.63) is 23.2 Å². The summed E-state index contributed by atoms with van der Waals surface area (Å²) in [5.41, 5.74) is 6.79. The minimum absolute atomic E-state index is 0.0466. The maximum atomic E-state index is 11.6. The Labute approximate surface area is 120 Å². The van der Waals surface area contributed by atoms with Gasteiger partial charge in [-0.25, -0.2) is 13.1 Å². The minimum atomic E-state index is -3.01. The number of sulfone groups is 1. The molecule has 3 rings (SSSR count). The number of tetrazole rings is 1. The van der Waals surface area contributed by atoms with Gasteiger partial charge in [0.2, 0.25) is 0 Å². The number of nitrogens with zero attached hydrogens (tertiary/aromatic N) is 4. The van der Waals surface area contributed by atoms with Crippen LogP contribution in [0.15, 0.2) is 18.2 Å². The molecule has 20 heavy (non-hydrogen) atoms. The number of aromatic nitrogens is 4. The molecule has 0 radical (unpaired) electrons. The first-order valence-electron chi connectivity index (χ1n) is 6.00. The second kappa shape index (κ2) is 4.71. The van der Waals surface area contributed by atoms with Gasteiger partial charge in [0.05, 0.1) is 28.3 Å². The maximum Gasteiger partial charge on any atom is 0.183 e. The summed E-state index contributed by atoms with van der Waals surface area (Å²) in [6, 6.07) is 4.92. The summed E-state index contributed by atoms with van der Waals surface area (Å²) < 4.78 is 24.7. The molecule has 1 aliphatic rings. The van der Waals surface area contributed by atoms with Gasteiger partial charge in [-0.05, 0) is 29.0 Å². The van der Waals surface area contributed by atoms with Crippen LogP contribution >= 0.6 is 11.6 Å². The number of nitrogen functional groups attached to an aromatic ring is 1. The third kappa shape index (κ3) is 2.25. The second-order valence-corrected chi connectivity index (χ2v) is 7.32. The Morgan fingerprint density at radius 2 is 2.20 bits per heavy atom. The Bertz CT molecular complexity index is 758. The molecule has 0 bridgehead atoms. The average Bonchev–Trinajstić information content (AvgIpc) is 2.99. The summed E-state index contributed by atoms with van der Waals surface area (Å²) in [4.78, 5) is 0. The second-order valence-electron chi connectivity index (χ2n) is 4.71. The van der Waals surface area contributed by atoms with E-state index in [1.165, 1.54) is 4.68 Å². The highest BCUT2D eigenvalue weighted by Crippen LogP contribution is 2.33. The molecule has 0 amide bonds. The van der Waals surface area contributed by atoms with E-state index in [2.05, 4.69) is 15.5 Å². The van der Waals surface area contributed by atoms with Gasteiger partial charge >= 0.3 is 0 Å². The molecular formula is C11H12ClN5O2S. The summed E-state index contributed by atoms with van der Waals surface area (Å²) in [6.07, 6.45) is 0.500. The van der Waals surface area contributed by atoms with Gasteiger partial charge in [-0.2, -0.15) is 0 Å². The van der Waals surface area contributed by atoms with Crippen LogP contribution in [0.25, 0.3) is 11.4 Å². The van der Waals surface area contributed by atoms with Crippen LogP contribution in [0.2, 0.25) is 5.02 Å². The zero-order valence-electron chi connectivity index (χ0n) is 10.4. The number of hydrogen-bond donors (Lipinski definition) is 1. The van der Waals surface area contributed by atoms with E-state index >= 15 is 0 Å². The van der Waals surface area contributed by atoms with E-state index in [4.69, 9.17) is 17.3 Å². The lowest BCUT2D eigenvalue weighted by atomic mass is 10.1. The SMILES string of the molecule is Nc1cccc(-c2nnnn2C2CCS(=O)(=O)C2)c1Cl. The van der Waals surface area contributed by atoms with Crippen LogP contribution in [0.3, 0.4) is 0 Å². The van der Waals surface area contributed by atoms with Crippen LogP contribution in [-0.4, -0.2) is 40.1 Å². The molecule has 9 heteroatoms. The summed E-state index contributed by atoms with van der Waals surface area (Å²) in [5, 5.41) is 11.8. The quantitative estimate of drug-likeness (QED) is 0.827. The minimum Gasteiger partial charge on any atom is -0.398 e. The summed E-state index contributed by atoms with van der Waals surface area (Å²) in [5.74, 6) is 0.636. The lowest BCUT2D eigenvalue weighted by Crippen LogP contribution is -2.14. The molecule has 1 unspecified atom stereocenters. The predicted octanol–water partition coefficient (Wildman–Crippen LogP) is 0.935. The van der Waals surface area contributed by atoms with Crippen molar-refractivity contribution >= 4 is 27.1 Å². The average molecular weight is 314 g/mol. The molecule has 1 aromatic heterocycles. The molecule has 2 aromatic rings. The number of anilines is 1. The first-order chi connectivity index (χ1) is 9.48. The standard InChI is InChI=1S/C11H12ClN5O2S/c12-10-8(2-1-3-9(10)13)11-14-15-16-17(11)7-4-5-20(18,19)6-7/h1-3,7H,4-6,13H2. The van der Waals surface area contributed by atoms with E-state index in [0.29, 0.717) is 28.5 Å².